The highest BCUT2D eigenvalue weighted by atomic mass is 16.6. The molecule has 0 aliphatic rings. The third kappa shape index (κ3) is 8.13. The van der Waals surface area contributed by atoms with Crippen LogP contribution in [0.5, 0.6) is 0 Å². The third-order valence-electron chi connectivity index (χ3n) is 4.44. The third-order valence-corrected chi connectivity index (χ3v) is 4.44. The van der Waals surface area contributed by atoms with E-state index < -0.39 is 35.2 Å². The molecule has 34 heavy (non-hydrogen) atoms. The molecule has 0 saturated carbocycles. The van der Waals surface area contributed by atoms with Gasteiger partial charge < -0.3 is 14.4 Å². The van der Waals surface area contributed by atoms with Crippen LogP contribution in [-0.4, -0.2) is 57.1 Å². The molecule has 0 fully saturated rings. The quantitative estimate of drug-likeness (QED) is 0.549. The summed E-state index contributed by atoms with van der Waals surface area (Å²) >= 11 is 0. The van der Waals surface area contributed by atoms with Crippen molar-refractivity contribution in [3.05, 3.63) is 48.8 Å². The SMILES string of the molecule is CN(C(=O)N(c1ccccn1)c1ccccn1)C(CCC(=O)OC(C)(C)C)C(=O)OC(C)(C)C. The minimum absolute atomic E-state index is 0.0321. The lowest BCUT2D eigenvalue weighted by atomic mass is 10.1. The van der Waals surface area contributed by atoms with Crippen LogP contribution in [0.4, 0.5) is 16.4 Å². The summed E-state index contributed by atoms with van der Waals surface area (Å²) in [5, 5.41) is 0. The second-order valence-corrected chi connectivity index (χ2v) is 9.78. The first-order chi connectivity index (χ1) is 15.8. The predicted molar refractivity (Wildman–Crippen MR) is 128 cm³/mol. The van der Waals surface area contributed by atoms with Crippen molar-refractivity contribution in [2.24, 2.45) is 0 Å². The van der Waals surface area contributed by atoms with Crippen LogP contribution in [-0.2, 0) is 19.1 Å². The van der Waals surface area contributed by atoms with Crippen molar-refractivity contribution >= 4 is 29.6 Å². The highest BCUT2D eigenvalue weighted by Crippen LogP contribution is 2.25. The normalized spacial score (nSPS) is 12.4. The number of likely N-dealkylation sites (N-methyl/N-ethyl adjacent to an activating group) is 1. The van der Waals surface area contributed by atoms with E-state index in [9.17, 15) is 14.4 Å². The Morgan fingerprint density at radius 2 is 1.35 bits per heavy atom. The number of rotatable bonds is 7. The van der Waals surface area contributed by atoms with Gasteiger partial charge in [-0.25, -0.2) is 24.5 Å². The highest BCUT2D eigenvalue weighted by Gasteiger charge is 2.35. The first-order valence-corrected chi connectivity index (χ1v) is 11.1. The maximum absolute atomic E-state index is 13.7. The molecule has 0 saturated heterocycles. The average Bonchev–Trinajstić information content (AvgIpc) is 2.73. The monoisotopic (exact) mass is 470 g/mol. The fourth-order valence-electron chi connectivity index (χ4n) is 3.06. The van der Waals surface area contributed by atoms with Gasteiger partial charge in [0.05, 0.1) is 0 Å². The van der Waals surface area contributed by atoms with E-state index in [1.165, 1.54) is 16.8 Å². The number of hydrogen-bond acceptors (Lipinski definition) is 7. The van der Waals surface area contributed by atoms with E-state index in [1.807, 2.05) is 0 Å². The molecule has 2 aromatic rings. The highest BCUT2D eigenvalue weighted by molar-refractivity contribution is 5.99. The van der Waals surface area contributed by atoms with Gasteiger partial charge in [0.2, 0.25) is 0 Å². The summed E-state index contributed by atoms with van der Waals surface area (Å²) in [7, 11) is 1.49. The van der Waals surface area contributed by atoms with E-state index in [0.717, 1.165) is 0 Å². The Balaban J connectivity index is 2.36. The van der Waals surface area contributed by atoms with E-state index in [2.05, 4.69) is 9.97 Å². The second kappa shape index (κ2) is 11.1. The maximum Gasteiger partial charge on any atom is 0.332 e. The number of hydrogen-bond donors (Lipinski definition) is 0. The van der Waals surface area contributed by atoms with Crippen molar-refractivity contribution in [2.45, 2.75) is 71.6 Å². The van der Waals surface area contributed by atoms with Gasteiger partial charge in [-0.2, -0.15) is 0 Å². The number of urea groups is 1. The number of carbonyl (C=O) groups is 3. The number of carbonyl (C=O) groups excluding carboxylic acids is 3. The number of ether oxygens (including phenoxy) is 2. The van der Waals surface area contributed by atoms with Gasteiger partial charge >= 0.3 is 18.0 Å². The van der Waals surface area contributed by atoms with Crippen LogP contribution >= 0.6 is 0 Å². The Kier molecular flexibility index (Phi) is 8.73. The van der Waals surface area contributed by atoms with Crippen LogP contribution in [0, 0.1) is 0 Å². The fourth-order valence-corrected chi connectivity index (χ4v) is 3.06. The van der Waals surface area contributed by atoms with Gasteiger partial charge in [-0.05, 0) is 72.2 Å². The standard InChI is InChI=1S/C25H34N4O5/c1-24(2,3)33-21(30)15-14-18(22(31)34-25(4,5)6)28(7)23(32)29(19-12-8-10-16-26-19)20-13-9-11-17-27-20/h8-13,16-18H,14-15H2,1-7H3. The summed E-state index contributed by atoms with van der Waals surface area (Å²) in [5.74, 6) is -0.400. The molecule has 0 bridgehead atoms. The Hall–Kier alpha value is -3.49. The lowest BCUT2D eigenvalue weighted by Gasteiger charge is -2.33. The number of anilines is 2. The Morgan fingerprint density at radius 1 is 0.853 bits per heavy atom. The summed E-state index contributed by atoms with van der Waals surface area (Å²) in [5.41, 5.74) is -1.43. The molecule has 2 amide bonds. The van der Waals surface area contributed by atoms with E-state index >= 15 is 0 Å². The maximum atomic E-state index is 13.7. The van der Waals surface area contributed by atoms with Crippen LogP contribution in [0.2, 0.25) is 0 Å². The first-order valence-electron chi connectivity index (χ1n) is 11.1. The van der Waals surface area contributed by atoms with Crippen molar-refractivity contribution in [3.63, 3.8) is 0 Å². The van der Waals surface area contributed by atoms with Gasteiger partial charge in [0, 0.05) is 25.9 Å². The summed E-state index contributed by atoms with van der Waals surface area (Å²) in [6.07, 6.45) is 3.09. The minimum Gasteiger partial charge on any atom is -0.460 e. The Labute approximate surface area is 201 Å². The van der Waals surface area contributed by atoms with Crippen molar-refractivity contribution in [1.29, 1.82) is 0 Å². The summed E-state index contributed by atoms with van der Waals surface area (Å²) in [6.45, 7) is 10.5. The van der Waals surface area contributed by atoms with E-state index in [1.54, 1.807) is 90.3 Å². The molecule has 1 unspecified atom stereocenters. The molecule has 0 aromatic carbocycles. The van der Waals surface area contributed by atoms with Crippen molar-refractivity contribution in [1.82, 2.24) is 14.9 Å². The predicted octanol–water partition coefficient (Wildman–Crippen LogP) is 4.50. The summed E-state index contributed by atoms with van der Waals surface area (Å²) < 4.78 is 10.9. The Bertz CT molecular complexity index is 929. The fraction of sp³-hybridized carbons (Fsp3) is 0.480. The van der Waals surface area contributed by atoms with Gasteiger partial charge in [0.1, 0.15) is 28.9 Å². The molecule has 1 atom stereocenters. The molecule has 184 valence electrons. The molecule has 0 aliphatic heterocycles. The van der Waals surface area contributed by atoms with Gasteiger partial charge in [0.25, 0.3) is 0 Å². The van der Waals surface area contributed by atoms with Gasteiger partial charge in [0.15, 0.2) is 0 Å². The number of aromatic nitrogens is 2. The lowest BCUT2D eigenvalue weighted by Crippen LogP contribution is -2.50. The molecule has 2 aromatic heterocycles. The van der Waals surface area contributed by atoms with Crippen LogP contribution in [0.3, 0.4) is 0 Å². The van der Waals surface area contributed by atoms with E-state index in [-0.39, 0.29) is 12.8 Å². The zero-order valence-corrected chi connectivity index (χ0v) is 20.9. The van der Waals surface area contributed by atoms with Crippen molar-refractivity contribution < 1.29 is 23.9 Å². The Morgan fingerprint density at radius 3 is 1.76 bits per heavy atom. The molecule has 2 rings (SSSR count). The smallest absolute Gasteiger partial charge is 0.332 e. The molecular formula is C25H34N4O5. The number of pyridine rings is 2. The molecule has 0 radical (unpaired) electrons. The zero-order chi connectivity index (χ0) is 25.5. The lowest BCUT2D eigenvalue weighted by molar-refractivity contribution is -0.161. The largest absolute Gasteiger partial charge is 0.460 e. The van der Waals surface area contributed by atoms with Crippen molar-refractivity contribution in [3.8, 4) is 0 Å². The molecule has 0 aliphatic carbocycles. The number of esters is 2. The first kappa shape index (κ1) is 26.8. The summed E-state index contributed by atoms with van der Waals surface area (Å²) in [4.78, 5) is 50.2. The topological polar surface area (TPSA) is 102 Å². The molecule has 2 heterocycles. The second-order valence-electron chi connectivity index (χ2n) is 9.78. The minimum atomic E-state index is -1.03. The van der Waals surface area contributed by atoms with Gasteiger partial charge in [-0.15, -0.1) is 0 Å². The zero-order valence-electron chi connectivity index (χ0n) is 20.9. The molecular weight excluding hydrogens is 436 g/mol. The molecule has 9 nitrogen and oxygen atoms in total. The molecule has 0 spiro atoms. The van der Waals surface area contributed by atoms with Crippen LogP contribution in [0.1, 0.15) is 54.4 Å². The molecule has 9 heteroatoms. The van der Waals surface area contributed by atoms with Crippen LogP contribution in [0.25, 0.3) is 0 Å². The van der Waals surface area contributed by atoms with Crippen LogP contribution in [0.15, 0.2) is 48.8 Å². The van der Waals surface area contributed by atoms with Gasteiger partial charge in [-0.3, -0.25) is 4.79 Å². The van der Waals surface area contributed by atoms with Crippen molar-refractivity contribution in [2.75, 3.05) is 11.9 Å². The number of nitrogens with zero attached hydrogens (tertiary/aromatic N) is 4. The van der Waals surface area contributed by atoms with E-state index in [0.29, 0.717) is 11.6 Å². The van der Waals surface area contributed by atoms with E-state index in [4.69, 9.17) is 9.47 Å². The number of amides is 2. The molecule has 0 N–H and O–H groups in total. The summed E-state index contributed by atoms with van der Waals surface area (Å²) in [6, 6.07) is 8.73. The van der Waals surface area contributed by atoms with Crippen LogP contribution < -0.4 is 4.90 Å². The average molecular weight is 471 g/mol. The van der Waals surface area contributed by atoms with Gasteiger partial charge in [-0.1, -0.05) is 12.1 Å².